The van der Waals surface area contributed by atoms with Gasteiger partial charge >= 0.3 is 5.97 Å². The molecular weight excluding hydrogens is 428 g/mol. The van der Waals surface area contributed by atoms with Gasteiger partial charge in [-0.15, -0.1) is 0 Å². The molecule has 190 valence electrons. The molecule has 0 heterocycles. The number of hydrogen-bond donors (Lipinski definition) is 0. The van der Waals surface area contributed by atoms with Gasteiger partial charge in [0, 0.05) is 0 Å². The molecule has 2 aliphatic rings. The summed E-state index contributed by atoms with van der Waals surface area (Å²) in [5.74, 6) is 3.43. The van der Waals surface area contributed by atoms with Crippen LogP contribution in [0.4, 0.5) is 0 Å². The predicted octanol–water partition coefficient (Wildman–Crippen LogP) is 9.40. The first-order chi connectivity index (χ1) is 17.2. The van der Waals surface area contributed by atoms with Crippen molar-refractivity contribution in [3.8, 4) is 16.9 Å². The van der Waals surface area contributed by atoms with Crippen molar-refractivity contribution in [3.63, 3.8) is 0 Å². The topological polar surface area (TPSA) is 26.3 Å². The first-order valence-corrected chi connectivity index (χ1v) is 14.6. The van der Waals surface area contributed by atoms with Gasteiger partial charge < -0.3 is 4.74 Å². The summed E-state index contributed by atoms with van der Waals surface area (Å²) in [6, 6.07) is 16.9. The minimum atomic E-state index is -0.0284. The highest BCUT2D eigenvalue weighted by Gasteiger charge is 2.33. The SMILES string of the molecule is CCCCCc1ccc(-c2ccc(OC(=O)C3CCC(C4CCC(CCC)CC4)CC3)cc2)cc1. The van der Waals surface area contributed by atoms with E-state index in [1.54, 1.807) is 0 Å². The van der Waals surface area contributed by atoms with Crippen molar-refractivity contribution < 1.29 is 9.53 Å². The number of carbonyl (C=O) groups is 1. The van der Waals surface area contributed by atoms with E-state index in [0.717, 1.165) is 37.0 Å². The maximum Gasteiger partial charge on any atom is 0.314 e. The molecule has 0 aliphatic heterocycles. The molecule has 2 aromatic carbocycles. The summed E-state index contributed by atoms with van der Waals surface area (Å²) in [6.07, 6.45) is 17.8. The molecule has 0 spiro atoms. The summed E-state index contributed by atoms with van der Waals surface area (Å²) in [5.41, 5.74) is 3.79. The zero-order valence-corrected chi connectivity index (χ0v) is 22.1. The normalized spacial score (nSPS) is 24.7. The Balaban J connectivity index is 1.22. The molecule has 2 saturated carbocycles. The fourth-order valence-electron chi connectivity index (χ4n) is 6.54. The van der Waals surface area contributed by atoms with Gasteiger partial charge in [0.1, 0.15) is 5.75 Å². The lowest BCUT2D eigenvalue weighted by Crippen LogP contribution is -2.30. The summed E-state index contributed by atoms with van der Waals surface area (Å²) < 4.78 is 5.80. The van der Waals surface area contributed by atoms with Crippen LogP contribution in [0.15, 0.2) is 48.5 Å². The number of ether oxygens (including phenoxy) is 1. The zero-order valence-electron chi connectivity index (χ0n) is 22.1. The van der Waals surface area contributed by atoms with Crippen LogP contribution in [0.1, 0.15) is 103 Å². The van der Waals surface area contributed by atoms with Gasteiger partial charge in [-0.3, -0.25) is 4.79 Å². The lowest BCUT2D eigenvalue weighted by molar-refractivity contribution is -0.140. The minimum absolute atomic E-state index is 0.0284. The van der Waals surface area contributed by atoms with E-state index in [4.69, 9.17) is 4.74 Å². The average molecular weight is 475 g/mol. The van der Waals surface area contributed by atoms with E-state index in [0.29, 0.717) is 5.75 Å². The molecule has 0 amide bonds. The summed E-state index contributed by atoms with van der Waals surface area (Å²) in [6.45, 7) is 4.56. The van der Waals surface area contributed by atoms with Crippen LogP contribution in [0.2, 0.25) is 0 Å². The van der Waals surface area contributed by atoms with E-state index in [1.807, 2.05) is 12.1 Å². The predicted molar refractivity (Wildman–Crippen MR) is 147 cm³/mol. The third-order valence-corrected chi connectivity index (χ3v) is 8.79. The molecule has 0 atom stereocenters. The molecule has 0 aromatic heterocycles. The van der Waals surface area contributed by atoms with E-state index >= 15 is 0 Å². The lowest BCUT2D eigenvalue weighted by Gasteiger charge is -2.37. The van der Waals surface area contributed by atoms with Gasteiger partial charge in [0.2, 0.25) is 0 Å². The Morgan fingerprint density at radius 3 is 1.86 bits per heavy atom. The third kappa shape index (κ3) is 7.45. The largest absolute Gasteiger partial charge is 0.426 e. The Bertz CT molecular complexity index is 882. The molecule has 0 N–H and O–H groups in total. The average Bonchev–Trinajstić information content (AvgIpc) is 2.90. The van der Waals surface area contributed by atoms with Crippen molar-refractivity contribution in [2.24, 2.45) is 23.7 Å². The molecule has 35 heavy (non-hydrogen) atoms. The maximum absolute atomic E-state index is 12.8. The fourth-order valence-corrected chi connectivity index (χ4v) is 6.54. The van der Waals surface area contributed by atoms with Crippen molar-refractivity contribution in [1.29, 1.82) is 0 Å². The van der Waals surface area contributed by atoms with Gasteiger partial charge in [0.05, 0.1) is 5.92 Å². The quantitative estimate of drug-likeness (QED) is 0.195. The van der Waals surface area contributed by atoms with Gasteiger partial charge in [-0.1, -0.05) is 88.8 Å². The summed E-state index contributed by atoms with van der Waals surface area (Å²) in [4.78, 5) is 12.8. The number of benzene rings is 2. The molecule has 0 bridgehead atoms. The standard InChI is InChI=1S/C33H46O2/c1-3-5-6-8-26-11-15-28(16-12-26)30-21-23-32(24-22-30)35-33(34)31-19-17-29(18-20-31)27-13-9-25(7-4-2)10-14-27/h11-12,15-16,21-25,27,29,31H,3-10,13-14,17-20H2,1-2H3. The zero-order chi connectivity index (χ0) is 24.5. The number of aryl methyl sites for hydroxylation is 1. The second-order valence-electron chi connectivity index (χ2n) is 11.3. The molecular formula is C33H46O2. The first-order valence-electron chi connectivity index (χ1n) is 14.6. The molecule has 0 saturated heterocycles. The Hall–Kier alpha value is -2.09. The Labute approximate surface area is 213 Å². The molecule has 2 heteroatoms. The van der Waals surface area contributed by atoms with E-state index in [1.165, 1.54) is 87.3 Å². The third-order valence-electron chi connectivity index (χ3n) is 8.79. The van der Waals surface area contributed by atoms with Crippen molar-refractivity contribution in [1.82, 2.24) is 0 Å². The molecule has 2 fully saturated rings. The monoisotopic (exact) mass is 474 g/mol. The van der Waals surface area contributed by atoms with Gasteiger partial charge in [-0.05, 0) is 97.9 Å². The molecule has 2 nitrogen and oxygen atoms in total. The Kier molecular flexibility index (Phi) is 9.86. The van der Waals surface area contributed by atoms with Crippen LogP contribution >= 0.6 is 0 Å². The molecule has 2 aromatic rings. The minimum Gasteiger partial charge on any atom is -0.426 e. The fraction of sp³-hybridized carbons (Fsp3) is 0.606. The summed E-state index contributed by atoms with van der Waals surface area (Å²) >= 11 is 0. The van der Waals surface area contributed by atoms with E-state index in [-0.39, 0.29) is 11.9 Å². The molecule has 2 aliphatic carbocycles. The second kappa shape index (κ2) is 13.3. The number of rotatable bonds is 10. The highest BCUT2D eigenvalue weighted by Crippen LogP contribution is 2.42. The number of esters is 1. The first kappa shape index (κ1) is 26.0. The lowest BCUT2D eigenvalue weighted by atomic mass is 9.69. The molecule has 4 rings (SSSR count). The number of carbonyl (C=O) groups excluding carboxylic acids is 1. The van der Waals surface area contributed by atoms with Crippen molar-refractivity contribution in [3.05, 3.63) is 54.1 Å². The van der Waals surface area contributed by atoms with Crippen LogP contribution < -0.4 is 4.74 Å². The van der Waals surface area contributed by atoms with Crippen LogP contribution in [0.5, 0.6) is 5.75 Å². The summed E-state index contributed by atoms with van der Waals surface area (Å²) in [5, 5.41) is 0. The van der Waals surface area contributed by atoms with Crippen LogP contribution in [0.3, 0.4) is 0 Å². The Morgan fingerprint density at radius 2 is 1.29 bits per heavy atom. The van der Waals surface area contributed by atoms with E-state index < -0.39 is 0 Å². The Morgan fingerprint density at radius 1 is 0.714 bits per heavy atom. The van der Waals surface area contributed by atoms with Gasteiger partial charge in [-0.25, -0.2) is 0 Å². The van der Waals surface area contributed by atoms with Crippen molar-refractivity contribution in [2.45, 2.75) is 104 Å². The van der Waals surface area contributed by atoms with Gasteiger partial charge in [-0.2, -0.15) is 0 Å². The van der Waals surface area contributed by atoms with Crippen molar-refractivity contribution >= 4 is 5.97 Å². The van der Waals surface area contributed by atoms with E-state index in [9.17, 15) is 4.79 Å². The number of hydrogen-bond acceptors (Lipinski definition) is 2. The van der Waals surface area contributed by atoms with Crippen LogP contribution in [-0.2, 0) is 11.2 Å². The smallest absolute Gasteiger partial charge is 0.314 e. The molecule has 0 unspecified atom stereocenters. The van der Waals surface area contributed by atoms with Gasteiger partial charge in [0.25, 0.3) is 0 Å². The van der Waals surface area contributed by atoms with Crippen molar-refractivity contribution in [2.75, 3.05) is 0 Å². The van der Waals surface area contributed by atoms with E-state index in [2.05, 4.69) is 50.2 Å². The maximum atomic E-state index is 12.8. The number of unbranched alkanes of at least 4 members (excludes halogenated alkanes) is 2. The molecule has 0 radical (unpaired) electrons. The second-order valence-corrected chi connectivity index (χ2v) is 11.3. The van der Waals surface area contributed by atoms with Gasteiger partial charge in [0.15, 0.2) is 0 Å². The van der Waals surface area contributed by atoms with Crippen LogP contribution in [0, 0.1) is 23.7 Å². The summed E-state index contributed by atoms with van der Waals surface area (Å²) in [7, 11) is 0. The van der Waals surface area contributed by atoms with Crippen LogP contribution in [0.25, 0.3) is 11.1 Å². The highest BCUT2D eigenvalue weighted by molar-refractivity contribution is 5.75. The highest BCUT2D eigenvalue weighted by atomic mass is 16.5. The van der Waals surface area contributed by atoms with Crippen LogP contribution in [-0.4, -0.2) is 5.97 Å².